The molecule has 8 rings (SSSR count). The minimum atomic E-state index is 1.27. The summed E-state index contributed by atoms with van der Waals surface area (Å²) in [4.78, 5) is 12.1. The fraction of sp³-hybridized carbons (Fsp3) is 0.235. The lowest BCUT2D eigenvalue weighted by Gasteiger charge is -2.10. The molecule has 0 saturated heterocycles. The monoisotopic (exact) mass is 692 g/mol. The number of benzene rings is 2. The molecule has 2 aliphatic carbocycles. The van der Waals surface area contributed by atoms with Crippen LogP contribution >= 0.6 is 94.1 Å². The van der Waals surface area contributed by atoms with Gasteiger partial charge in [0.05, 0.1) is 16.9 Å². The number of hydrogen-bond acceptors (Lipinski definition) is 8. The summed E-state index contributed by atoms with van der Waals surface area (Å²) in [5.41, 5.74) is 2.63. The predicted molar refractivity (Wildman–Crippen MR) is 199 cm³/mol. The van der Waals surface area contributed by atoms with Crippen LogP contribution in [0.4, 0.5) is 0 Å². The molecule has 0 unspecified atom stereocenters. The Morgan fingerprint density at radius 3 is 1.40 bits per heavy atom. The Morgan fingerprint density at radius 2 is 0.929 bits per heavy atom. The van der Waals surface area contributed by atoms with E-state index in [2.05, 4.69) is 72.8 Å². The van der Waals surface area contributed by atoms with Crippen molar-refractivity contribution in [3.8, 4) is 0 Å². The van der Waals surface area contributed by atoms with Crippen LogP contribution < -0.4 is 0 Å². The SMILES string of the molecule is C(=C1SC2=C(CCCC2)S1)C1=C(C=C2SC3=C(CCCC3)S2)SC(=C(C=C2Sc3ccccc3S2)c2ccccc2)S1. The maximum absolute atomic E-state index is 2.51. The highest BCUT2D eigenvalue weighted by molar-refractivity contribution is 8.30. The number of thioether (sulfide) groups is 8. The molecule has 0 spiro atoms. The lowest BCUT2D eigenvalue weighted by Crippen LogP contribution is -1.89. The summed E-state index contributed by atoms with van der Waals surface area (Å²) in [6.07, 6.45) is 17.9. The normalized spacial score (nSPS) is 21.7. The third kappa shape index (κ3) is 6.26. The number of rotatable bonds is 4. The van der Waals surface area contributed by atoms with Gasteiger partial charge >= 0.3 is 0 Å². The van der Waals surface area contributed by atoms with Crippen molar-refractivity contribution in [2.75, 3.05) is 0 Å². The molecular weight excluding hydrogens is 665 g/mol. The van der Waals surface area contributed by atoms with Crippen molar-refractivity contribution in [3.05, 3.63) is 125 Å². The van der Waals surface area contributed by atoms with Crippen molar-refractivity contribution in [2.45, 2.75) is 61.2 Å². The molecule has 0 N–H and O–H groups in total. The topological polar surface area (TPSA) is 0 Å². The van der Waals surface area contributed by atoms with Crippen molar-refractivity contribution >= 4 is 99.7 Å². The first-order chi connectivity index (χ1) is 20.7. The largest absolute Gasteiger partial charge is 0.0863 e. The molecule has 4 heterocycles. The molecule has 42 heavy (non-hydrogen) atoms. The molecule has 0 saturated carbocycles. The first kappa shape index (κ1) is 28.9. The molecule has 2 aromatic carbocycles. The molecule has 0 fully saturated rings. The molecule has 4 aliphatic heterocycles. The van der Waals surface area contributed by atoms with E-state index < -0.39 is 0 Å². The van der Waals surface area contributed by atoms with E-state index in [0.717, 1.165) is 0 Å². The molecule has 0 aromatic heterocycles. The number of hydrogen-bond donors (Lipinski definition) is 0. The van der Waals surface area contributed by atoms with E-state index in [1.54, 1.807) is 19.6 Å². The van der Waals surface area contributed by atoms with Gasteiger partial charge in [-0.25, -0.2) is 0 Å². The van der Waals surface area contributed by atoms with Crippen LogP contribution in [-0.2, 0) is 0 Å². The summed E-state index contributed by atoms with van der Waals surface area (Å²) in [6, 6.07) is 19.8. The van der Waals surface area contributed by atoms with E-state index >= 15 is 0 Å². The van der Waals surface area contributed by atoms with Crippen LogP contribution in [0, 0.1) is 0 Å². The molecule has 6 aliphatic rings. The van der Waals surface area contributed by atoms with Crippen LogP contribution in [0.5, 0.6) is 0 Å². The summed E-state index contributed by atoms with van der Waals surface area (Å²) >= 11 is 15.9. The van der Waals surface area contributed by atoms with Crippen LogP contribution in [0.15, 0.2) is 129 Å². The molecule has 2 aromatic rings. The Labute approximate surface area is 283 Å². The third-order valence-corrected chi connectivity index (χ3v) is 17.9. The second-order valence-electron chi connectivity index (χ2n) is 10.6. The molecule has 0 atom stereocenters. The smallest absolute Gasteiger partial charge is 0.0578 e. The Morgan fingerprint density at radius 1 is 0.476 bits per heavy atom. The second kappa shape index (κ2) is 13.0. The minimum Gasteiger partial charge on any atom is -0.0863 e. The molecule has 0 nitrogen and oxygen atoms in total. The zero-order valence-electron chi connectivity index (χ0n) is 22.9. The quantitative estimate of drug-likeness (QED) is 0.307. The van der Waals surface area contributed by atoms with Gasteiger partial charge in [0.15, 0.2) is 0 Å². The molecule has 0 amide bonds. The van der Waals surface area contributed by atoms with Crippen molar-refractivity contribution in [1.29, 1.82) is 0 Å². The molecule has 0 radical (unpaired) electrons. The van der Waals surface area contributed by atoms with Crippen molar-refractivity contribution in [1.82, 2.24) is 0 Å². The Hall–Kier alpha value is -0.580. The fourth-order valence-electron chi connectivity index (χ4n) is 5.53. The Balaban J connectivity index is 1.16. The molecule has 212 valence electrons. The van der Waals surface area contributed by atoms with E-state index in [1.807, 2.05) is 94.1 Å². The number of allylic oxidation sites excluding steroid dienone is 8. The third-order valence-electron chi connectivity index (χ3n) is 7.62. The van der Waals surface area contributed by atoms with Crippen LogP contribution in [0.3, 0.4) is 0 Å². The van der Waals surface area contributed by atoms with Gasteiger partial charge in [0.25, 0.3) is 0 Å². The fourth-order valence-corrected chi connectivity index (χ4v) is 16.4. The van der Waals surface area contributed by atoms with Gasteiger partial charge in [-0.15, -0.1) is 0 Å². The zero-order valence-corrected chi connectivity index (χ0v) is 29.4. The van der Waals surface area contributed by atoms with E-state index in [0.29, 0.717) is 0 Å². The average Bonchev–Trinajstić information content (AvgIpc) is 3.80. The van der Waals surface area contributed by atoms with Crippen LogP contribution in [0.1, 0.15) is 56.9 Å². The highest BCUT2D eigenvalue weighted by atomic mass is 32.2. The van der Waals surface area contributed by atoms with Crippen molar-refractivity contribution < 1.29 is 0 Å². The van der Waals surface area contributed by atoms with E-state index in [1.165, 1.54) is 99.1 Å². The second-order valence-corrected chi connectivity index (χ2v) is 20.4. The predicted octanol–water partition coefficient (Wildman–Crippen LogP) is 14.0. The van der Waals surface area contributed by atoms with Gasteiger partial charge in [-0.2, -0.15) is 0 Å². The highest BCUT2D eigenvalue weighted by Gasteiger charge is 2.29. The van der Waals surface area contributed by atoms with Crippen molar-refractivity contribution in [2.24, 2.45) is 0 Å². The van der Waals surface area contributed by atoms with Crippen molar-refractivity contribution in [3.63, 3.8) is 0 Å². The van der Waals surface area contributed by atoms with Crippen LogP contribution in [0.2, 0.25) is 0 Å². The minimum absolute atomic E-state index is 1.27. The maximum Gasteiger partial charge on any atom is 0.0578 e. The van der Waals surface area contributed by atoms with Gasteiger partial charge in [0.2, 0.25) is 0 Å². The maximum atomic E-state index is 2.51. The Bertz CT molecular complexity index is 1530. The van der Waals surface area contributed by atoms with E-state index in [9.17, 15) is 0 Å². The summed E-state index contributed by atoms with van der Waals surface area (Å²) in [5, 5.41) is 0. The first-order valence-corrected chi connectivity index (χ1v) is 20.9. The summed E-state index contributed by atoms with van der Waals surface area (Å²) < 4.78 is 5.67. The number of fused-ring (bicyclic) bond motifs is 1. The van der Waals surface area contributed by atoms with Gasteiger partial charge in [-0.05, 0) is 87.3 Å². The highest BCUT2D eigenvalue weighted by Crippen LogP contribution is 2.61. The van der Waals surface area contributed by atoms with E-state index in [4.69, 9.17) is 0 Å². The van der Waals surface area contributed by atoms with E-state index in [-0.39, 0.29) is 0 Å². The van der Waals surface area contributed by atoms with Gasteiger partial charge in [0, 0.05) is 44.8 Å². The molecular formula is C34H28S8. The van der Waals surface area contributed by atoms with Crippen LogP contribution in [-0.4, -0.2) is 0 Å². The standard InChI is InChI=1S/C34H28S8/c1-2-10-21(11-3-1)22(18-31-35-23-12-4-5-13-24(23)36-31)34-41-29(19-32-37-25-14-6-7-15-26(25)38-32)30(42-34)20-33-39-27-16-8-9-17-28(27)40-33/h1-5,10-13,18-20H,6-9,14-17H2. The lowest BCUT2D eigenvalue weighted by atomic mass is 10.1. The van der Waals surface area contributed by atoms with Gasteiger partial charge in [0.1, 0.15) is 0 Å². The summed E-state index contributed by atoms with van der Waals surface area (Å²) in [7, 11) is 0. The molecule has 8 heteroatoms. The summed E-state index contributed by atoms with van der Waals surface area (Å²) in [5.74, 6) is 0. The molecule has 0 bridgehead atoms. The average molecular weight is 693 g/mol. The Kier molecular flexibility index (Phi) is 8.96. The van der Waals surface area contributed by atoms with Gasteiger partial charge in [-0.1, -0.05) is 137 Å². The van der Waals surface area contributed by atoms with Gasteiger partial charge < -0.3 is 0 Å². The zero-order chi connectivity index (χ0) is 27.9. The lowest BCUT2D eigenvalue weighted by molar-refractivity contribution is 0.718. The summed E-state index contributed by atoms with van der Waals surface area (Å²) in [6.45, 7) is 0. The van der Waals surface area contributed by atoms with Gasteiger partial charge in [-0.3, -0.25) is 0 Å². The van der Waals surface area contributed by atoms with Crippen LogP contribution in [0.25, 0.3) is 5.57 Å². The first-order valence-electron chi connectivity index (χ1n) is 14.4.